The second kappa shape index (κ2) is 6.93. The molecule has 8 heteroatoms. The van der Waals surface area contributed by atoms with Crippen LogP contribution >= 0.6 is 15.9 Å². The van der Waals surface area contributed by atoms with Gasteiger partial charge in [-0.15, -0.1) is 0 Å². The molecule has 4 atom stereocenters. The highest BCUT2D eigenvalue weighted by atomic mass is 79.9. The Morgan fingerprint density at radius 2 is 2.12 bits per heavy atom. The number of alkyl halides is 3. The summed E-state index contributed by atoms with van der Waals surface area (Å²) < 4.78 is 39.8. The topological polar surface area (TPSA) is 46.9 Å². The summed E-state index contributed by atoms with van der Waals surface area (Å²) in [6, 6.07) is 0.124. The Balaban J connectivity index is 1.54. The molecule has 140 valence electrons. The fourth-order valence-corrected chi connectivity index (χ4v) is 4.98. The monoisotopic (exact) mass is 421 g/mol. The van der Waals surface area contributed by atoms with Gasteiger partial charge in [-0.3, -0.25) is 9.48 Å². The van der Waals surface area contributed by atoms with Gasteiger partial charge >= 0.3 is 6.18 Å². The van der Waals surface area contributed by atoms with Gasteiger partial charge in [-0.05, 0) is 66.8 Å². The largest absolute Gasteiger partial charge is 0.436 e. The van der Waals surface area contributed by atoms with Gasteiger partial charge in [0.15, 0.2) is 5.69 Å². The van der Waals surface area contributed by atoms with Gasteiger partial charge in [-0.25, -0.2) is 0 Å². The van der Waals surface area contributed by atoms with Crippen molar-refractivity contribution in [1.29, 1.82) is 0 Å². The molecule has 0 radical (unpaired) electrons. The van der Waals surface area contributed by atoms with Gasteiger partial charge in [0.2, 0.25) is 5.91 Å². The van der Waals surface area contributed by atoms with E-state index in [4.69, 9.17) is 0 Å². The molecule has 4 unspecified atom stereocenters. The molecule has 3 rings (SSSR count). The number of aromatic nitrogens is 2. The van der Waals surface area contributed by atoms with E-state index in [1.54, 1.807) is 6.92 Å². The Hall–Kier alpha value is -1.05. The lowest BCUT2D eigenvalue weighted by Gasteiger charge is -2.28. The predicted octanol–water partition coefficient (Wildman–Crippen LogP) is 4.30. The summed E-state index contributed by atoms with van der Waals surface area (Å²) in [5.41, 5.74) is -0.568. The molecule has 2 aliphatic rings. The molecule has 0 aromatic carbocycles. The van der Waals surface area contributed by atoms with Crippen molar-refractivity contribution in [3.05, 3.63) is 15.9 Å². The Labute approximate surface area is 153 Å². The van der Waals surface area contributed by atoms with Gasteiger partial charge in [0.1, 0.15) is 0 Å². The third-order valence-corrected chi connectivity index (χ3v) is 6.73. The van der Waals surface area contributed by atoms with Crippen molar-refractivity contribution < 1.29 is 18.0 Å². The lowest BCUT2D eigenvalue weighted by atomic mass is 9.84. The first-order valence-electron chi connectivity index (χ1n) is 8.76. The molecular formula is C17H23BrF3N3O. The van der Waals surface area contributed by atoms with Crippen molar-refractivity contribution in [3.63, 3.8) is 0 Å². The van der Waals surface area contributed by atoms with Gasteiger partial charge in [-0.1, -0.05) is 6.42 Å². The third-order valence-electron chi connectivity index (χ3n) is 5.78. The van der Waals surface area contributed by atoms with Crippen molar-refractivity contribution in [3.8, 4) is 0 Å². The lowest BCUT2D eigenvalue weighted by Crippen LogP contribution is -2.40. The SMILES string of the molecule is Cc1c(Br)c(C(F)(F)F)nn1CCC(=O)NC(C)C1CC2CCC1C2. The van der Waals surface area contributed by atoms with E-state index in [-0.39, 0.29) is 29.4 Å². The van der Waals surface area contributed by atoms with Crippen LogP contribution in [0, 0.1) is 24.7 Å². The Kier molecular flexibility index (Phi) is 5.19. The minimum absolute atomic E-state index is 0.0595. The number of carbonyl (C=O) groups excluding carboxylic acids is 1. The van der Waals surface area contributed by atoms with E-state index in [1.807, 2.05) is 6.92 Å². The maximum Gasteiger partial charge on any atom is 0.436 e. The van der Waals surface area contributed by atoms with E-state index < -0.39 is 11.9 Å². The summed E-state index contributed by atoms with van der Waals surface area (Å²) in [6.07, 6.45) is 0.662. The van der Waals surface area contributed by atoms with Crippen molar-refractivity contribution in [2.45, 2.75) is 64.7 Å². The van der Waals surface area contributed by atoms with Crippen LogP contribution in [0.5, 0.6) is 0 Å². The second-order valence-electron chi connectivity index (χ2n) is 7.41. The molecule has 4 nitrogen and oxygen atoms in total. The molecule has 1 N–H and O–H groups in total. The Morgan fingerprint density at radius 1 is 1.40 bits per heavy atom. The molecule has 25 heavy (non-hydrogen) atoms. The molecule has 0 spiro atoms. The smallest absolute Gasteiger partial charge is 0.353 e. The zero-order valence-electron chi connectivity index (χ0n) is 14.4. The summed E-state index contributed by atoms with van der Waals surface area (Å²) in [5, 5.41) is 6.64. The van der Waals surface area contributed by atoms with E-state index in [9.17, 15) is 18.0 Å². The molecule has 2 bridgehead atoms. The molecule has 1 heterocycles. The van der Waals surface area contributed by atoms with E-state index in [2.05, 4.69) is 26.3 Å². The third kappa shape index (κ3) is 3.88. The van der Waals surface area contributed by atoms with Crippen molar-refractivity contribution in [1.82, 2.24) is 15.1 Å². The van der Waals surface area contributed by atoms with Crippen LogP contribution < -0.4 is 5.32 Å². The van der Waals surface area contributed by atoms with Crippen LogP contribution in [0.3, 0.4) is 0 Å². The van der Waals surface area contributed by atoms with Crippen LogP contribution in [0.2, 0.25) is 0 Å². The fraction of sp³-hybridized carbons (Fsp3) is 0.765. The average molecular weight is 422 g/mol. The number of amides is 1. The molecule has 2 saturated carbocycles. The van der Waals surface area contributed by atoms with Gasteiger partial charge < -0.3 is 5.32 Å². The van der Waals surface area contributed by atoms with Crippen LogP contribution in [0.15, 0.2) is 4.47 Å². The van der Waals surface area contributed by atoms with E-state index in [0.717, 1.165) is 11.8 Å². The number of halogens is 4. The van der Waals surface area contributed by atoms with Crippen LogP contribution in [0.4, 0.5) is 13.2 Å². The maximum atomic E-state index is 12.9. The molecule has 2 fully saturated rings. The molecular weight excluding hydrogens is 399 g/mol. The van der Waals surface area contributed by atoms with E-state index in [0.29, 0.717) is 11.6 Å². The first-order chi connectivity index (χ1) is 11.7. The molecule has 0 saturated heterocycles. The number of aryl methyl sites for hydroxylation is 1. The standard InChI is InChI=1S/C17H23BrF3N3O/c1-9(13-8-11-3-4-12(13)7-11)22-14(25)5-6-24-10(2)15(18)16(23-24)17(19,20)21/h9,11-13H,3-8H2,1-2H3,(H,22,25). The minimum atomic E-state index is -4.51. The summed E-state index contributed by atoms with van der Waals surface area (Å²) in [6.45, 7) is 3.73. The highest BCUT2D eigenvalue weighted by Crippen LogP contribution is 2.49. The Bertz CT molecular complexity index is 658. The van der Waals surface area contributed by atoms with E-state index >= 15 is 0 Å². The fourth-order valence-electron chi connectivity index (χ4n) is 4.47. The number of fused-ring (bicyclic) bond motifs is 2. The number of hydrogen-bond acceptors (Lipinski definition) is 2. The van der Waals surface area contributed by atoms with Crippen molar-refractivity contribution in [2.75, 3.05) is 0 Å². The van der Waals surface area contributed by atoms with Crippen LogP contribution in [0.1, 0.15) is 50.4 Å². The number of nitrogens with zero attached hydrogens (tertiary/aromatic N) is 2. The van der Waals surface area contributed by atoms with Crippen LogP contribution in [-0.4, -0.2) is 21.7 Å². The van der Waals surface area contributed by atoms with Gasteiger partial charge in [0, 0.05) is 12.5 Å². The Morgan fingerprint density at radius 3 is 2.64 bits per heavy atom. The van der Waals surface area contributed by atoms with Crippen LogP contribution in [-0.2, 0) is 17.5 Å². The summed E-state index contributed by atoms with van der Waals surface area (Å²) in [7, 11) is 0. The number of nitrogens with one attached hydrogen (secondary N) is 1. The highest BCUT2D eigenvalue weighted by Gasteiger charge is 2.42. The first-order valence-corrected chi connectivity index (χ1v) is 9.55. The normalized spacial score (nSPS) is 26.9. The van der Waals surface area contributed by atoms with Gasteiger partial charge in [0.25, 0.3) is 0 Å². The van der Waals surface area contributed by atoms with Gasteiger partial charge in [-0.2, -0.15) is 18.3 Å². The zero-order valence-corrected chi connectivity index (χ0v) is 16.0. The lowest BCUT2D eigenvalue weighted by molar-refractivity contribution is -0.142. The zero-order chi connectivity index (χ0) is 18.4. The quantitative estimate of drug-likeness (QED) is 0.769. The number of carbonyl (C=O) groups is 1. The van der Waals surface area contributed by atoms with Gasteiger partial charge in [0.05, 0.1) is 16.7 Å². The first kappa shape index (κ1) is 18.7. The summed E-state index contributed by atoms with van der Waals surface area (Å²) >= 11 is 2.94. The summed E-state index contributed by atoms with van der Waals surface area (Å²) in [5.74, 6) is 1.95. The average Bonchev–Trinajstić information content (AvgIpc) is 3.21. The molecule has 0 aliphatic heterocycles. The molecule has 2 aliphatic carbocycles. The summed E-state index contributed by atoms with van der Waals surface area (Å²) in [4.78, 5) is 12.2. The highest BCUT2D eigenvalue weighted by molar-refractivity contribution is 9.10. The molecule has 1 amide bonds. The number of hydrogen-bond donors (Lipinski definition) is 1. The molecule has 1 aromatic rings. The van der Waals surface area contributed by atoms with Crippen molar-refractivity contribution >= 4 is 21.8 Å². The molecule has 1 aromatic heterocycles. The second-order valence-corrected chi connectivity index (χ2v) is 8.21. The maximum absolute atomic E-state index is 12.9. The predicted molar refractivity (Wildman–Crippen MR) is 90.8 cm³/mol. The number of rotatable bonds is 5. The van der Waals surface area contributed by atoms with Crippen LogP contribution in [0.25, 0.3) is 0 Å². The minimum Gasteiger partial charge on any atom is -0.353 e. The van der Waals surface area contributed by atoms with Crippen molar-refractivity contribution in [2.24, 2.45) is 17.8 Å². The van der Waals surface area contributed by atoms with E-state index in [1.165, 1.54) is 30.4 Å².